The predicted octanol–water partition coefficient (Wildman–Crippen LogP) is 1.23. The van der Waals surface area contributed by atoms with E-state index in [-0.39, 0.29) is 6.03 Å². The lowest BCUT2D eigenvalue weighted by atomic mass is 9.90. The van der Waals surface area contributed by atoms with E-state index in [1.54, 1.807) is 4.90 Å². The molecular weight excluding hydrogens is 248 g/mol. The van der Waals surface area contributed by atoms with Crippen molar-refractivity contribution >= 4 is 12.0 Å². The summed E-state index contributed by atoms with van der Waals surface area (Å²) < 4.78 is 5.17. The standard InChI is InChI=1S/C13H22N2O4/c1-4-15(9-10(2)3)12(18)14-13(11(16)17)5-7-19-8-6-13/h2,4-9H2,1,3H3,(H,14,18)(H,16,17). The van der Waals surface area contributed by atoms with E-state index in [0.717, 1.165) is 5.57 Å². The number of carbonyl (C=O) groups is 2. The van der Waals surface area contributed by atoms with Crippen molar-refractivity contribution in [2.45, 2.75) is 32.2 Å². The van der Waals surface area contributed by atoms with Gasteiger partial charge in [0.05, 0.1) is 0 Å². The van der Waals surface area contributed by atoms with Gasteiger partial charge in [-0.25, -0.2) is 9.59 Å². The Hall–Kier alpha value is -1.56. The van der Waals surface area contributed by atoms with Crippen molar-refractivity contribution in [1.29, 1.82) is 0 Å². The number of carbonyl (C=O) groups excluding carboxylic acids is 1. The van der Waals surface area contributed by atoms with Gasteiger partial charge in [-0.1, -0.05) is 12.2 Å². The lowest BCUT2D eigenvalue weighted by Crippen LogP contribution is -2.60. The maximum Gasteiger partial charge on any atom is 0.329 e. The Morgan fingerprint density at radius 1 is 1.42 bits per heavy atom. The summed E-state index contributed by atoms with van der Waals surface area (Å²) in [6, 6.07) is -0.366. The van der Waals surface area contributed by atoms with Crippen molar-refractivity contribution in [2.24, 2.45) is 0 Å². The fourth-order valence-corrected chi connectivity index (χ4v) is 2.05. The summed E-state index contributed by atoms with van der Waals surface area (Å²) >= 11 is 0. The molecule has 0 atom stereocenters. The highest BCUT2D eigenvalue weighted by Gasteiger charge is 2.42. The van der Waals surface area contributed by atoms with Crippen LogP contribution in [-0.4, -0.2) is 53.8 Å². The number of nitrogens with zero attached hydrogens (tertiary/aromatic N) is 1. The Morgan fingerprint density at radius 3 is 2.42 bits per heavy atom. The van der Waals surface area contributed by atoms with Gasteiger partial charge in [0.2, 0.25) is 0 Å². The SMILES string of the molecule is C=C(C)CN(CC)C(=O)NC1(C(=O)O)CCOCC1. The van der Waals surface area contributed by atoms with E-state index in [0.29, 0.717) is 39.1 Å². The van der Waals surface area contributed by atoms with Gasteiger partial charge in [0.1, 0.15) is 5.54 Å². The topological polar surface area (TPSA) is 78.9 Å². The largest absolute Gasteiger partial charge is 0.480 e. The number of likely N-dealkylation sites (N-methyl/N-ethyl adjacent to an activating group) is 1. The summed E-state index contributed by atoms with van der Waals surface area (Å²) in [5.74, 6) is -1.00. The van der Waals surface area contributed by atoms with E-state index in [1.165, 1.54) is 0 Å². The van der Waals surface area contributed by atoms with Crippen LogP contribution in [0, 0.1) is 0 Å². The third-order valence-corrected chi connectivity index (χ3v) is 3.23. The van der Waals surface area contributed by atoms with E-state index in [1.807, 2.05) is 13.8 Å². The molecule has 1 aliphatic rings. The van der Waals surface area contributed by atoms with Crippen molar-refractivity contribution in [3.8, 4) is 0 Å². The van der Waals surface area contributed by atoms with Crippen molar-refractivity contribution in [3.63, 3.8) is 0 Å². The van der Waals surface area contributed by atoms with Crippen molar-refractivity contribution < 1.29 is 19.4 Å². The Kier molecular flexibility index (Phi) is 5.35. The molecule has 1 rings (SSSR count). The highest BCUT2D eigenvalue weighted by molar-refractivity contribution is 5.86. The zero-order chi connectivity index (χ0) is 14.5. The number of nitrogens with one attached hydrogen (secondary N) is 1. The monoisotopic (exact) mass is 270 g/mol. The van der Waals surface area contributed by atoms with Crippen LogP contribution in [0.4, 0.5) is 4.79 Å². The summed E-state index contributed by atoms with van der Waals surface area (Å²) in [4.78, 5) is 25.1. The zero-order valence-corrected chi connectivity index (χ0v) is 11.6. The van der Waals surface area contributed by atoms with E-state index in [2.05, 4.69) is 11.9 Å². The molecule has 1 aliphatic heterocycles. The first-order chi connectivity index (χ1) is 8.91. The quantitative estimate of drug-likeness (QED) is 0.736. The number of carboxylic acid groups (broad SMARTS) is 1. The summed E-state index contributed by atoms with van der Waals surface area (Å²) in [5.41, 5.74) is -0.356. The first kappa shape index (κ1) is 15.5. The number of hydrogen-bond acceptors (Lipinski definition) is 3. The molecule has 0 aromatic heterocycles. The molecule has 0 aromatic carbocycles. The molecule has 108 valence electrons. The summed E-state index contributed by atoms with van der Waals surface area (Å²) in [7, 11) is 0. The van der Waals surface area contributed by atoms with Crippen molar-refractivity contribution in [1.82, 2.24) is 10.2 Å². The fraction of sp³-hybridized carbons (Fsp3) is 0.692. The lowest BCUT2D eigenvalue weighted by molar-refractivity contribution is -0.148. The van der Waals surface area contributed by atoms with Crippen LogP contribution in [0.2, 0.25) is 0 Å². The van der Waals surface area contributed by atoms with Gasteiger partial charge in [0.15, 0.2) is 0 Å². The molecular formula is C13H22N2O4. The Labute approximate surface area is 113 Å². The number of urea groups is 1. The minimum atomic E-state index is -1.21. The second-order valence-corrected chi connectivity index (χ2v) is 4.90. The average Bonchev–Trinajstić information content (AvgIpc) is 2.36. The Bertz CT molecular complexity index is 362. The van der Waals surface area contributed by atoms with Crippen molar-refractivity contribution in [2.75, 3.05) is 26.3 Å². The molecule has 0 aromatic rings. The molecule has 1 saturated heterocycles. The van der Waals surface area contributed by atoms with Crippen LogP contribution >= 0.6 is 0 Å². The van der Waals surface area contributed by atoms with Gasteiger partial charge in [-0.3, -0.25) is 0 Å². The highest BCUT2D eigenvalue weighted by Crippen LogP contribution is 2.21. The molecule has 6 nitrogen and oxygen atoms in total. The summed E-state index contributed by atoms with van der Waals surface area (Å²) in [6.07, 6.45) is 0.581. The van der Waals surface area contributed by atoms with Gasteiger partial charge in [-0.05, 0) is 13.8 Å². The van der Waals surface area contributed by atoms with Gasteiger partial charge in [0, 0.05) is 39.1 Å². The Morgan fingerprint density at radius 2 is 2.00 bits per heavy atom. The van der Waals surface area contributed by atoms with Crippen LogP contribution in [0.5, 0.6) is 0 Å². The van der Waals surface area contributed by atoms with Crippen LogP contribution in [-0.2, 0) is 9.53 Å². The normalized spacial score (nSPS) is 17.6. The molecule has 0 bridgehead atoms. The summed E-state index contributed by atoms with van der Waals surface area (Å²) in [6.45, 7) is 9.07. The lowest BCUT2D eigenvalue weighted by Gasteiger charge is -2.35. The molecule has 1 heterocycles. The molecule has 6 heteroatoms. The highest BCUT2D eigenvalue weighted by atomic mass is 16.5. The molecule has 0 radical (unpaired) electrons. The average molecular weight is 270 g/mol. The van der Waals surface area contributed by atoms with E-state index >= 15 is 0 Å². The molecule has 0 aliphatic carbocycles. The van der Waals surface area contributed by atoms with Gasteiger partial charge >= 0.3 is 12.0 Å². The van der Waals surface area contributed by atoms with E-state index in [4.69, 9.17) is 4.74 Å². The number of ether oxygens (including phenoxy) is 1. The van der Waals surface area contributed by atoms with Gasteiger partial charge in [-0.2, -0.15) is 0 Å². The number of rotatable bonds is 5. The van der Waals surface area contributed by atoms with Crippen LogP contribution in [0.25, 0.3) is 0 Å². The van der Waals surface area contributed by atoms with Crippen LogP contribution in [0.15, 0.2) is 12.2 Å². The number of carboxylic acids is 1. The van der Waals surface area contributed by atoms with Crippen LogP contribution in [0.3, 0.4) is 0 Å². The van der Waals surface area contributed by atoms with Gasteiger partial charge in [0.25, 0.3) is 0 Å². The number of amides is 2. The third kappa shape index (κ3) is 3.96. The maximum absolute atomic E-state index is 12.2. The second-order valence-electron chi connectivity index (χ2n) is 4.90. The van der Waals surface area contributed by atoms with Crippen molar-refractivity contribution in [3.05, 3.63) is 12.2 Å². The zero-order valence-electron chi connectivity index (χ0n) is 11.6. The van der Waals surface area contributed by atoms with E-state index in [9.17, 15) is 14.7 Å². The summed E-state index contributed by atoms with van der Waals surface area (Å²) in [5, 5.41) is 12.0. The van der Waals surface area contributed by atoms with Crippen LogP contribution in [0.1, 0.15) is 26.7 Å². The number of hydrogen-bond donors (Lipinski definition) is 2. The molecule has 0 saturated carbocycles. The minimum Gasteiger partial charge on any atom is -0.480 e. The van der Waals surface area contributed by atoms with Crippen LogP contribution < -0.4 is 5.32 Å². The predicted molar refractivity (Wildman–Crippen MR) is 71.0 cm³/mol. The minimum absolute atomic E-state index is 0.290. The molecule has 0 unspecified atom stereocenters. The smallest absolute Gasteiger partial charge is 0.329 e. The molecule has 1 fully saturated rings. The van der Waals surface area contributed by atoms with E-state index < -0.39 is 11.5 Å². The first-order valence-corrected chi connectivity index (χ1v) is 6.44. The van der Waals surface area contributed by atoms with Gasteiger partial charge < -0.3 is 20.1 Å². The fourth-order valence-electron chi connectivity index (χ4n) is 2.05. The molecule has 2 amide bonds. The maximum atomic E-state index is 12.2. The molecule has 2 N–H and O–H groups in total. The third-order valence-electron chi connectivity index (χ3n) is 3.23. The Balaban J connectivity index is 2.75. The second kappa shape index (κ2) is 6.56. The molecule has 19 heavy (non-hydrogen) atoms. The number of aliphatic carboxylic acids is 1. The van der Waals surface area contributed by atoms with Gasteiger partial charge in [-0.15, -0.1) is 0 Å². The molecule has 0 spiro atoms. The first-order valence-electron chi connectivity index (χ1n) is 6.44.